The predicted octanol–water partition coefficient (Wildman–Crippen LogP) is 4.23. The van der Waals surface area contributed by atoms with Crippen LogP contribution in [0.15, 0.2) is 65.3 Å². The van der Waals surface area contributed by atoms with Gasteiger partial charge < -0.3 is 14.8 Å². The fourth-order valence-electron chi connectivity index (χ4n) is 2.75. The molecule has 0 radical (unpaired) electrons. The maximum absolute atomic E-state index is 12.3. The Labute approximate surface area is 178 Å². The number of carbonyl (C=O) groups is 2. The molecule has 0 aliphatic heterocycles. The summed E-state index contributed by atoms with van der Waals surface area (Å²) in [6, 6.07) is 17.1. The number of ketones is 1. The van der Waals surface area contributed by atoms with E-state index in [0.717, 1.165) is 15.6 Å². The number of aryl methyl sites for hydroxylation is 1. The molecule has 0 saturated heterocycles. The van der Waals surface area contributed by atoms with Gasteiger partial charge in [-0.1, -0.05) is 46.3 Å². The third-order valence-corrected chi connectivity index (χ3v) is 5.09. The predicted molar refractivity (Wildman–Crippen MR) is 115 cm³/mol. The van der Waals surface area contributed by atoms with Crippen LogP contribution in [0.2, 0.25) is 0 Å². The lowest BCUT2D eigenvalue weighted by Crippen LogP contribution is -2.22. The van der Waals surface area contributed by atoms with E-state index in [2.05, 4.69) is 26.3 Å². The van der Waals surface area contributed by atoms with Crippen LogP contribution >= 0.6 is 15.9 Å². The molecule has 0 aliphatic rings. The number of aromatic nitrogens is 2. The number of hydrogen-bond acceptors (Lipinski definition) is 4. The Kier molecular flexibility index (Phi) is 7.19. The smallest absolute Gasteiger partial charge is 0.263 e. The van der Waals surface area contributed by atoms with Crippen LogP contribution in [0.3, 0.4) is 0 Å². The summed E-state index contributed by atoms with van der Waals surface area (Å²) in [7, 11) is 0. The highest BCUT2D eigenvalue weighted by atomic mass is 79.9. The maximum Gasteiger partial charge on any atom is 0.263 e. The first-order valence-electron chi connectivity index (χ1n) is 9.27. The number of benzene rings is 2. The van der Waals surface area contributed by atoms with E-state index in [0.29, 0.717) is 31.0 Å². The zero-order valence-electron chi connectivity index (χ0n) is 16.1. The molecule has 0 spiro atoms. The van der Waals surface area contributed by atoms with Crippen molar-refractivity contribution in [1.82, 2.24) is 9.78 Å². The number of halogens is 1. The second kappa shape index (κ2) is 10.0. The molecule has 2 aromatic carbocycles. The number of amides is 1. The molecular formula is C22H22BrN3O3. The van der Waals surface area contributed by atoms with Crippen molar-refractivity contribution in [2.45, 2.75) is 26.3 Å². The van der Waals surface area contributed by atoms with E-state index in [1.807, 2.05) is 36.4 Å². The van der Waals surface area contributed by atoms with Gasteiger partial charge in [-0.25, -0.2) is 4.68 Å². The quantitative estimate of drug-likeness (QED) is 0.523. The Bertz CT molecular complexity index is 983. The first-order chi connectivity index (χ1) is 14.0. The van der Waals surface area contributed by atoms with Crippen molar-refractivity contribution in [3.63, 3.8) is 0 Å². The lowest BCUT2D eigenvalue weighted by Gasteiger charge is -2.11. The summed E-state index contributed by atoms with van der Waals surface area (Å²) < 4.78 is 8.27. The van der Waals surface area contributed by atoms with Crippen LogP contribution in [-0.2, 0) is 22.6 Å². The second-order valence-corrected chi connectivity index (χ2v) is 7.50. The van der Waals surface area contributed by atoms with Crippen molar-refractivity contribution in [2.24, 2.45) is 0 Å². The molecule has 0 unspecified atom stereocenters. The zero-order chi connectivity index (χ0) is 20.6. The van der Waals surface area contributed by atoms with E-state index < -0.39 is 0 Å². The van der Waals surface area contributed by atoms with Gasteiger partial charge in [-0.05, 0) is 42.7 Å². The minimum Gasteiger partial charge on any atom is -0.484 e. The van der Waals surface area contributed by atoms with Crippen LogP contribution in [0.1, 0.15) is 24.5 Å². The number of Topliss-reactive ketones (excluding diaryl/α,β-unsaturated/α-hetero) is 1. The standard InChI is InChI=1S/C22H22BrN3O3/c1-16(27)6-7-17-8-10-19(11-9-17)29-15-22(28)25-21-12-13-24-26(21)14-18-4-2-3-5-20(18)23/h2-5,8-13H,6-7,14-15H2,1H3,(H,25,28). The maximum atomic E-state index is 12.3. The van der Waals surface area contributed by atoms with E-state index in [1.165, 1.54) is 0 Å². The van der Waals surface area contributed by atoms with Gasteiger partial charge in [-0.3, -0.25) is 4.79 Å². The first kappa shape index (κ1) is 20.8. The summed E-state index contributed by atoms with van der Waals surface area (Å²) in [5.41, 5.74) is 2.13. The van der Waals surface area contributed by atoms with Gasteiger partial charge in [0, 0.05) is 17.0 Å². The van der Waals surface area contributed by atoms with Gasteiger partial charge >= 0.3 is 0 Å². The van der Waals surface area contributed by atoms with Gasteiger partial charge in [0.1, 0.15) is 17.4 Å². The Morgan fingerprint density at radius 2 is 1.86 bits per heavy atom. The molecule has 150 valence electrons. The van der Waals surface area contributed by atoms with Crippen LogP contribution in [0, 0.1) is 0 Å². The molecule has 1 heterocycles. The molecule has 1 amide bonds. The summed E-state index contributed by atoms with van der Waals surface area (Å²) in [4.78, 5) is 23.3. The van der Waals surface area contributed by atoms with Gasteiger partial charge in [-0.15, -0.1) is 0 Å². The van der Waals surface area contributed by atoms with Crippen LogP contribution in [0.4, 0.5) is 5.82 Å². The fourth-order valence-corrected chi connectivity index (χ4v) is 3.16. The minimum absolute atomic E-state index is 0.104. The Morgan fingerprint density at radius 3 is 2.59 bits per heavy atom. The van der Waals surface area contributed by atoms with Gasteiger partial charge in [-0.2, -0.15) is 5.10 Å². The average Bonchev–Trinajstić information content (AvgIpc) is 3.14. The highest BCUT2D eigenvalue weighted by molar-refractivity contribution is 9.10. The third kappa shape index (κ3) is 6.29. The number of carbonyl (C=O) groups excluding carboxylic acids is 2. The van der Waals surface area contributed by atoms with E-state index >= 15 is 0 Å². The number of hydrogen-bond donors (Lipinski definition) is 1. The van der Waals surface area contributed by atoms with Gasteiger partial charge in [0.2, 0.25) is 0 Å². The molecule has 0 bridgehead atoms. The van der Waals surface area contributed by atoms with Gasteiger partial charge in [0.05, 0.1) is 12.7 Å². The highest BCUT2D eigenvalue weighted by Crippen LogP contribution is 2.19. The number of rotatable bonds is 9. The monoisotopic (exact) mass is 455 g/mol. The highest BCUT2D eigenvalue weighted by Gasteiger charge is 2.10. The molecule has 0 atom stereocenters. The molecule has 1 N–H and O–H groups in total. The largest absolute Gasteiger partial charge is 0.484 e. The summed E-state index contributed by atoms with van der Waals surface area (Å²) in [5, 5.41) is 7.11. The Balaban J connectivity index is 1.52. The van der Waals surface area contributed by atoms with Gasteiger partial charge in [0.15, 0.2) is 6.61 Å². The number of anilines is 1. The summed E-state index contributed by atoms with van der Waals surface area (Å²) in [6.45, 7) is 2.01. The van der Waals surface area contributed by atoms with E-state index in [4.69, 9.17) is 4.74 Å². The fraction of sp³-hybridized carbons (Fsp3) is 0.227. The number of nitrogens with zero attached hydrogens (tertiary/aromatic N) is 2. The van der Waals surface area contributed by atoms with Crippen molar-refractivity contribution in [3.05, 3.63) is 76.4 Å². The van der Waals surface area contributed by atoms with E-state index in [1.54, 1.807) is 36.0 Å². The molecule has 6 nitrogen and oxygen atoms in total. The van der Waals surface area contributed by atoms with Crippen LogP contribution in [0.5, 0.6) is 5.75 Å². The van der Waals surface area contributed by atoms with Crippen molar-refractivity contribution in [1.29, 1.82) is 0 Å². The normalized spacial score (nSPS) is 10.6. The topological polar surface area (TPSA) is 73.2 Å². The van der Waals surface area contributed by atoms with E-state index in [9.17, 15) is 9.59 Å². The molecule has 0 fully saturated rings. The SMILES string of the molecule is CC(=O)CCc1ccc(OCC(=O)Nc2ccnn2Cc2ccccc2Br)cc1. The Hall–Kier alpha value is -2.93. The molecule has 29 heavy (non-hydrogen) atoms. The summed E-state index contributed by atoms with van der Waals surface area (Å²) in [5.74, 6) is 1.11. The second-order valence-electron chi connectivity index (χ2n) is 6.65. The third-order valence-electron chi connectivity index (χ3n) is 4.32. The molecule has 0 aliphatic carbocycles. The van der Waals surface area contributed by atoms with Crippen molar-refractivity contribution in [2.75, 3.05) is 11.9 Å². The molecule has 3 rings (SSSR count). The average molecular weight is 456 g/mol. The summed E-state index contributed by atoms with van der Waals surface area (Å²) in [6.07, 6.45) is 2.88. The van der Waals surface area contributed by atoms with Crippen LogP contribution in [-0.4, -0.2) is 28.1 Å². The molecule has 7 heteroatoms. The molecule has 3 aromatic rings. The number of nitrogens with one attached hydrogen (secondary N) is 1. The molecular weight excluding hydrogens is 434 g/mol. The molecule has 0 saturated carbocycles. The van der Waals surface area contributed by atoms with Gasteiger partial charge in [0.25, 0.3) is 5.91 Å². The van der Waals surface area contributed by atoms with Crippen molar-refractivity contribution < 1.29 is 14.3 Å². The lowest BCUT2D eigenvalue weighted by molar-refractivity contribution is -0.118. The number of ether oxygens (including phenoxy) is 1. The molecule has 1 aromatic heterocycles. The van der Waals surface area contributed by atoms with Crippen molar-refractivity contribution in [3.8, 4) is 5.75 Å². The first-order valence-corrected chi connectivity index (χ1v) is 10.1. The lowest BCUT2D eigenvalue weighted by atomic mass is 10.1. The van der Waals surface area contributed by atoms with Crippen molar-refractivity contribution >= 4 is 33.4 Å². The van der Waals surface area contributed by atoms with Crippen LogP contribution < -0.4 is 10.1 Å². The Morgan fingerprint density at radius 1 is 1.10 bits per heavy atom. The summed E-state index contributed by atoms with van der Waals surface area (Å²) >= 11 is 3.52. The van der Waals surface area contributed by atoms with Crippen LogP contribution in [0.25, 0.3) is 0 Å². The zero-order valence-corrected chi connectivity index (χ0v) is 17.7. The minimum atomic E-state index is -0.264. The van der Waals surface area contributed by atoms with E-state index in [-0.39, 0.29) is 18.3 Å².